The van der Waals surface area contributed by atoms with Crippen molar-refractivity contribution in [2.24, 2.45) is 11.8 Å². The molecular weight excluding hydrogens is 240 g/mol. The normalized spacial score (nSPS) is 22.5. The lowest BCUT2D eigenvalue weighted by atomic mass is 9.97. The maximum atomic E-state index is 9.34. The summed E-state index contributed by atoms with van der Waals surface area (Å²) in [7, 11) is 0. The molecule has 2 atom stereocenters. The van der Waals surface area contributed by atoms with Gasteiger partial charge in [0, 0.05) is 25.3 Å². The van der Waals surface area contributed by atoms with Crippen LogP contribution < -0.4 is 10.6 Å². The molecule has 19 heavy (non-hydrogen) atoms. The number of anilines is 2. The van der Waals surface area contributed by atoms with Crippen LogP contribution >= 0.6 is 0 Å². The smallest absolute Gasteiger partial charge is 0.134 e. The van der Waals surface area contributed by atoms with Gasteiger partial charge in [0.25, 0.3) is 0 Å². The van der Waals surface area contributed by atoms with E-state index >= 15 is 0 Å². The average Bonchev–Trinajstić information content (AvgIpc) is 2.87. The molecule has 0 aliphatic heterocycles. The van der Waals surface area contributed by atoms with Gasteiger partial charge in [0.05, 0.1) is 0 Å². The predicted molar refractivity (Wildman–Crippen MR) is 77.3 cm³/mol. The van der Waals surface area contributed by atoms with Crippen molar-refractivity contribution in [3.63, 3.8) is 0 Å². The Labute approximate surface area is 114 Å². The zero-order valence-electron chi connectivity index (χ0n) is 11.8. The van der Waals surface area contributed by atoms with Crippen molar-refractivity contribution in [1.29, 1.82) is 0 Å². The summed E-state index contributed by atoms with van der Waals surface area (Å²) in [5.41, 5.74) is 1.06. The number of nitrogens with one attached hydrogen (secondary N) is 2. The lowest BCUT2D eigenvalue weighted by Gasteiger charge is -2.19. The molecule has 106 valence electrons. The second kappa shape index (κ2) is 6.70. The average molecular weight is 264 g/mol. The minimum absolute atomic E-state index is 0.303. The van der Waals surface area contributed by atoms with Crippen LogP contribution in [0, 0.1) is 18.8 Å². The van der Waals surface area contributed by atoms with Crippen LogP contribution in [-0.2, 0) is 0 Å². The summed E-state index contributed by atoms with van der Waals surface area (Å²) in [4.78, 5) is 8.55. The highest BCUT2D eigenvalue weighted by molar-refractivity contribution is 5.56. The SMILES string of the molecule is CCNc1ncnc(NCC2CCCC2CO)c1C. The first-order valence-electron chi connectivity index (χ1n) is 7.16. The van der Waals surface area contributed by atoms with Gasteiger partial charge in [-0.15, -0.1) is 0 Å². The van der Waals surface area contributed by atoms with Crippen LogP contribution in [0.4, 0.5) is 11.6 Å². The molecule has 0 bridgehead atoms. The van der Waals surface area contributed by atoms with Crippen LogP contribution in [0.1, 0.15) is 31.7 Å². The standard InChI is InChI=1S/C14H24N4O/c1-3-15-13-10(2)14(18-9-17-13)16-7-11-5-4-6-12(11)8-19/h9,11-12,19H,3-8H2,1-2H3,(H2,15,16,17,18). The molecule has 0 spiro atoms. The van der Waals surface area contributed by atoms with Gasteiger partial charge in [0.15, 0.2) is 0 Å². The number of nitrogens with zero attached hydrogens (tertiary/aromatic N) is 2. The number of hydrogen-bond donors (Lipinski definition) is 3. The molecule has 1 aliphatic rings. The molecular formula is C14H24N4O. The lowest BCUT2D eigenvalue weighted by molar-refractivity contribution is 0.199. The van der Waals surface area contributed by atoms with Crippen molar-refractivity contribution in [2.45, 2.75) is 33.1 Å². The van der Waals surface area contributed by atoms with E-state index in [-0.39, 0.29) is 0 Å². The summed E-state index contributed by atoms with van der Waals surface area (Å²) in [6, 6.07) is 0. The third kappa shape index (κ3) is 3.35. The minimum atomic E-state index is 0.303. The Balaban J connectivity index is 1.97. The van der Waals surface area contributed by atoms with Crippen LogP contribution in [0.5, 0.6) is 0 Å². The third-order valence-electron chi connectivity index (χ3n) is 4.01. The molecule has 3 N–H and O–H groups in total. The summed E-state index contributed by atoms with van der Waals surface area (Å²) in [5, 5.41) is 16.0. The Morgan fingerprint density at radius 3 is 2.58 bits per heavy atom. The van der Waals surface area contributed by atoms with Gasteiger partial charge in [0.1, 0.15) is 18.0 Å². The van der Waals surface area contributed by atoms with Crippen molar-refractivity contribution in [3.8, 4) is 0 Å². The Morgan fingerprint density at radius 2 is 1.89 bits per heavy atom. The molecule has 5 heteroatoms. The largest absolute Gasteiger partial charge is 0.396 e. The number of aromatic nitrogens is 2. The van der Waals surface area contributed by atoms with E-state index in [1.807, 2.05) is 6.92 Å². The van der Waals surface area contributed by atoms with Crippen LogP contribution in [0.15, 0.2) is 6.33 Å². The lowest BCUT2D eigenvalue weighted by Crippen LogP contribution is -2.21. The maximum Gasteiger partial charge on any atom is 0.134 e. The van der Waals surface area contributed by atoms with Gasteiger partial charge >= 0.3 is 0 Å². The van der Waals surface area contributed by atoms with E-state index in [1.165, 1.54) is 12.8 Å². The number of aliphatic hydroxyl groups excluding tert-OH is 1. The molecule has 1 aromatic rings. The van der Waals surface area contributed by atoms with E-state index < -0.39 is 0 Å². The van der Waals surface area contributed by atoms with Crippen LogP contribution in [0.3, 0.4) is 0 Å². The molecule has 5 nitrogen and oxygen atoms in total. The van der Waals surface area contributed by atoms with E-state index in [0.29, 0.717) is 18.4 Å². The highest BCUT2D eigenvalue weighted by atomic mass is 16.3. The first-order valence-corrected chi connectivity index (χ1v) is 7.16. The fourth-order valence-electron chi connectivity index (χ4n) is 2.82. The number of hydrogen-bond acceptors (Lipinski definition) is 5. The summed E-state index contributed by atoms with van der Waals surface area (Å²) in [5.74, 6) is 2.80. The van der Waals surface area contributed by atoms with Crippen molar-refractivity contribution in [2.75, 3.05) is 30.3 Å². The van der Waals surface area contributed by atoms with E-state index in [9.17, 15) is 5.11 Å². The summed E-state index contributed by atoms with van der Waals surface area (Å²) >= 11 is 0. The van der Waals surface area contributed by atoms with Gasteiger partial charge in [0.2, 0.25) is 0 Å². The highest BCUT2D eigenvalue weighted by Gasteiger charge is 2.26. The molecule has 1 heterocycles. The fourth-order valence-corrected chi connectivity index (χ4v) is 2.82. The number of aliphatic hydroxyl groups is 1. The zero-order chi connectivity index (χ0) is 13.7. The second-order valence-corrected chi connectivity index (χ2v) is 5.24. The molecule has 0 amide bonds. The van der Waals surface area contributed by atoms with Gasteiger partial charge in [-0.1, -0.05) is 6.42 Å². The first kappa shape index (κ1) is 14.1. The first-order chi connectivity index (χ1) is 9.26. The molecule has 0 aromatic carbocycles. The Kier molecular flexibility index (Phi) is 4.96. The van der Waals surface area contributed by atoms with E-state index in [4.69, 9.17) is 0 Å². The van der Waals surface area contributed by atoms with Crippen molar-refractivity contribution in [1.82, 2.24) is 9.97 Å². The van der Waals surface area contributed by atoms with Gasteiger partial charge in [-0.05, 0) is 38.5 Å². The van der Waals surface area contributed by atoms with Crippen LogP contribution in [0.25, 0.3) is 0 Å². The third-order valence-corrected chi connectivity index (χ3v) is 4.01. The fraction of sp³-hybridized carbons (Fsp3) is 0.714. The van der Waals surface area contributed by atoms with Gasteiger partial charge in [-0.2, -0.15) is 0 Å². The minimum Gasteiger partial charge on any atom is -0.396 e. The zero-order valence-corrected chi connectivity index (χ0v) is 11.8. The summed E-state index contributed by atoms with van der Waals surface area (Å²) in [6.07, 6.45) is 5.16. The molecule has 0 radical (unpaired) electrons. The summed E-state index contributed by atoms with van der Waals surface area (Å²) < 4.78 is 0. The predicted octanol–water partition coefficient (Wildman–Crippen LogP) is 2.04. The van der Waals surface area contributed by atoms with Crippen molar-refractivity contribution < 1.29 is 5.11 Å². The molecule has 0 saturated heterocycles. The molecule has 1 aliphatic carbocycles. The molecule has 2 unspecified atom stereocenters. The Bertz CT molecular complexity index is 410. The van der Waals surface area contributed by atoms with Gasteiger partial charge in [-0.25, -0.2) is 9.97 Å². The van der Waals surface area contributed by atoms with E-state index in [1.54, 1.807) is 6.33 Å². The number of rotatable bonds is 6. The van der Waals surface area contributed by atoms with Crippen molar-refractivity contribution in [3.05, 3.63) is 11.9 Å². The Morgan fingerprint density at radius 1 is 1.21 bits per heavy atom. The van der Waals surface area contributed by atoms with Crippen LogP contribution in [-0.4, -0.2) is 34.8 Å². The van der Waals surface area contributed by atoms with Crippen LogP contribution in [0.2, 0.25) is 0 Å². The van der Waals surface area contributed by atoms with Gasteiger partial charge in [-0.3, -0.25) is 0 Å². The maximum absolute atomic E-state index is 9.34. The molecule has 1 saturated carbocycles. The second-order valence-electron chi connectivity index (χ2n) is 5.24. The topological polar surface area (TPSA) is 70.1 Å². The molecule has 1 aromatic heterocycles. The molecule has 1 fully saturated rings. The van der Waals surface area contributed by atoms with Gasteiger partial charge < -0.3 is 15.7 Å². The molecule has 2 rings (SSSR count). The quantitative estimate of drug-likeness (QED) is 0.733. The highest BCUT2D eigenvalue weighted by Crippen LogP contribution is 2.31. The Hall–Kier alpha value is -1.36. The van der Waals surface area contributed by atoms with Crippen molar-refractivity contribution >= 4 is 11.6 Å². The summed E-state index contributed by atoms with van der Waals surface area (Å²) in [6.45, 7) is 6.12. The van der Waals surface area contributed by atoms with E-state index in [0.717, 1.165) is 36.7 Å². The van der Waals surface area contributed by atoms with E-state index in [2.05, 4.69) is 27.5 Å². The monoisotopic (exact) mass is 264 g/mol.